The van der Waals surface area contributed by atoms with Crippen LogP contribution in [0.1, 0.15) is 0 Å². The number of halogens is 2. The number of carbonyl (C=O) groups is 1. The molecule has 0 saturated heterocycles. The van der Waals surface area contributed by atoms with Crippen LogP contribution in [-0.2, 0) is 4.74 Å². The molecule has 2 N–H and O–H groups in total. The molecule has 1 aromatic carbocycles. The number of ether oxygens (including phenoxy) is 1. The first kappa shape index (κ1) is 12.1. The highest BCUT2D eigenvalue weighted by molar-refractivity contribution is 6.43. The zero-order chi connectivity index (χ0) is 11.3. The van der Waals surface area contributed by atoms with E-state index in [2.05, 4.69) is 10.1 Å². The highest BCUT2D eigenvalue weighted by Crippen LogP contribution is 2.29. The van der Waals surface area contributed by atoms with Crippen molar-refractivity contribution in [3.63, 3.8) is 0 Å². The van der Waals surface area contributed by atoms with Crippen molar-refractivity contribution >= 4 is 35.0 Å². The summed E-state index contributed by atoms with van der Waals surface area (Å²) in [5.41, 5.74) is 0.368. The zero-order valence-electron chi connectivity index (χ0n) is 7.67. The molecular weight excluding hydrogens is 241 g/mol. The van der Waals surface area contributed by atoms with Gasteiger partial charge in [-0.1, -0.05) is 29.3 Å². The van der Waals surface area contributed by atoms with Crippen molar-refractivity contribution in [2.75, 3.05) is 18.5 Å². The van der Waals surface area contributed by atoms with Crippen LogP contribution in [0.25, 0.3) is 0 Å². The molecule has 0 unspecified atom stereocenters. The van der Waals surface area contributed by atoms with Crippen LogP contribution in [0.5, 0.6) is 0 Å². The molecule has 0 aliphatic rings. The summed E-state index contributed by atoms with van der Waals surface area (Å²) in [7, 11) is 0. The molecule has 1 rings (SSSR count). The molecule has 0 aromatic heterocycles. The minimum atomic E-state index is -0.687. The second kappa shape index (κ2) is 5.80. The molecule has 0 heterocycles. The number of benzene rings is 1. The van der Waals surface area contributed by atoms with Gasteiger partial charge in [0.2, 0.25) is 0 Å². The molecule has 0 aliphatic heterocycles. The van der Waals surface area contributed by atoms with E-state index in [0.29, 0.717) is 10.7 Å². The third kappa shape index (κ3) is 3.58. The van der Waals surface area contributed by atoms with Crippen LogP contribution in [0, 0.1) is 0 Å². The summed E-state index contributed by atoms with van der Waals surface area (Å²) in [6.07, 6.45) is -0.687. The Labute approximate surface area is 96.8 Å². The number of anilines is 1. The SMILES string of the molecule is O=C(Nc1cccc(Cl)c1Cl)OCCO. The van der Waals surface area contributed by atoms with Crippen LogP contribution >= 0.6 is 23.2 Å². The molecular formula is C9H9Cl2NO3. The summed E-state index contributed by atoms with van der Waals surface area (Å²) >= 11 is 11.6. The summed E-state index contributed by atoms with van der Waals surface area (Å²) in [4.78, 5) is 11.1. The van der Waals surface area contributed by atoms with E-state index < -0.39 is 6.09 Å². The number of hydrogen-bond acceptors (Lipinski definition) is 3. The average Bonchev–Trinajstić information content (AvgIpc) is 2.22. The van der Waals surface area contributed by atoms with Crippen molar-refractivity contribution in [3.05, 3.63) is 28.2 Å². The van der Waals surface area contributed by atoms with E-state index in [0.717, 1.165) is 0 Å². The number of aliphatic hydroxyl groups excluding tert-OH is 1. The summed E-state index contributed by atoms with van der Waals surface area (Å²) in [6.45, 7) is -0.291. The molecule has 6 heteroatoms. The van der Waals surface area contributed by atoms with Gasteiger partial charge in [-0.05, 0) is 12.1 Å². The van der Waals surface area contributed by atoms with Crippen LogP contribution < -0.4 is 5.32 Å². The van der Waals surface area contributed by atoms with Crippen molar-refractivity contribution < 1.29 is 14.6 Å². The molecule has 1 aromatic rings. The van der Waals surface area contributed by atoms with Gasteiger partial charge in [0.25, 0.3) is 0 Å². The van der Waals surface area contributed by atoms with E-state index in [9.17, 15) is 4.79 Å². The lowest BCUT2D eigenvalue weighted by Gasteiger charge is -2.07. The molecule has 0 atom stereocenters. The van der Waals surface area contributed by atoms with Crippen LogP contribution in [0.3, 0.4) is 0 Å². The molecule has 0 bridgehead atoms. The zero-order valence-corrected chi connectivity index (χ0v) is 9.18. The van der Waals surface area contributed by atoms with Crippen LogP contribution in [0.2, 0.25) is 10.0 Å². The Balaban J connectivity index is 2.64. The maximum absolute atomic E-state index is 11.1. The van der Waals surface area contributed by atoms with Gasteiger partial charge in [-0.25, -0.2) is 4.79 Å². The first-order valence-electron chi connectivity index (χ1n) is 4.14. The summed E-state index contributed by atoms with van der Waals surface area (Å²) in [5, 5.41) is 11.4. The Morgan fingerprint density at radius 3 is 2.87 bits per heavy atom. The number of hydrogen-bond donors (Lipinski definition) is 2. The fourth-order valence-electron chi connectivity index (χ4n) is 0.885. The van der Waals surface area contributed by atoms with Gasteiger partial charge >= 0.3 is 6.09 Å². The van der Waals surface area contributed by atoms with Gasteiger partial charge in [0.15, 0.2) is 0 Å². The maximum atomic E-state index is 11.1. The number of amides is 1. The van der Waals surface area contributed by atoms with Gasteiger partial charge in [-0.15, -0.1) is 0 Å². The Kier molecular flexibility index (Phi) is 4.68. The molecule has 0 saturated carbocycles. The van der Waals surface area contributed by atoms with E-state index in [1.54, 1.807) is 18.2 Å². The van der Waals surface area contributed by atoms with Crippen LogP contribution in [0.4, 0.5) is 10.5 Å². The third-order valence-corrected chi connectivity index (χ3v) is 2.33. The van der Waals surface area contributed by atoms with E-state index >= 15 is 0 Å². The molecule has 0 fully saturated rings. The second-order valence-corrected chi connectivity index (χ2v) is 3.37. The highest BCUT2D eigenvalue weighted by atomic mass is 35.5. The molecule has 4 nitrogen and oxygen atoms in total. The number of carbonyl (C=O) groups excluding carboxylic acids is 1. The molecule has 1 amide bonds. The van der Waals surface area contributed by atoms with Gasteiger partial charge in [-0.3, -0.25) is 5.32 Å². The standard InChI is InChI=1S/C9H9Cl2NO3/c10-6-2-1-3-7(8(6)11)12-9(14)15-5-4-13/h1-3,13H,4-5H2,(H,12,14). The monoisotopic (exact) mass is 249 g/mol. The first-order chi connectivity index (χ1) is 7.15. The molecule has 15 heavy (non-hydrogen) atoms. The molecule has 0 spiro atoms. The van der Waals surface area contributed by atoms with Crippen molar-refractivity contribution in [3.8, 4) is 0 Å². The lowest BCUT2D eigenvalue weighted by molar-refractivity contribution is 0.131. The molecule has 0 aliphatic carbocycles. The van der Waals surface area contributed by atoms with Crippen LogP contribution in [0.15, 0.2) is 18.2 Å². The minimum absolute atomic E-state index is 0.0655. The third-order valence-electron chi connectivity index (χ3n) is 1.51. The molecule has 82 valence electrons. The largest absolute Gasteiger partial charge is 0.447 e. The van der Waals surface area contributed by atoms with Gasteiger partial charge in [-0.2, -0.15) is 0 Å². The fourth-order valence-corrected chi connectivity index (χ4v) is 1.23. The quantitative estimate of drug-likeness (QED) is 0.866. The first-order valence-corrected chi connectivity index (χ1v) is 4.89. The highest BCUT2D eigenvalue weighted by Gasteiger charge is 2.08. The summed E-state index contributed by atoms with van der Waals surface area (Å²) in [6, 6.07) is 4.85. The Bertz CT molecular complexity index is 357. The predicted molar refractivity (Wildman–Crippen MR) is 58.5 cm³/mol. The van der Waals surface area contributed by atoms with Gasteiger partial charge in [0.05, 0.1) is 22.3 Å². The second-order valence-electron chi connectivity index (χ2n) is 2.59. The summed E-state index contributed by atoms with van der Waals surface area (Å²) in [5.74, 6) is 0. The normalized spacial score (nSPS) is 9.80. The van der Waals surface area contributed by atoms with E-state index in [4.69, 9.17) is 28.3 Å². The van der Waals surface area contributed by atoms with Crippen molar-refractivity contribution in [2.24, 2.45) is 0 Å². The smallest absolute Gasteiger partial charge is 0.411 e. The van der Waals surface area contributed by atoms with E-state index in [-0.39, 0.29) is 18.2 Å². The van der Waals surface area contributed by atoms with Gasteiger partial charge in [0, 0.05) is 0 Å². The van der Waals surface area contributed by atoms with Crippen molar-refractivity contribution in [1.29, 1.82) is 0 Å². The van der Waals surface area contributed by atoms with E-state index in [1.807, 2.05) is 0 Å². The number of nitrogens with one attached hydrogen (secondary N) is 1. The minimum Gasteiger partial charge on any atom is -0.447 e. The predicted octanol–water partition coefficient (Wildman–Crippen LogP) is 2.53. The lowest BCUT2D eigenvalue weighted by atomic mass is 10.3. The maximum Gasteiger partial charge on any atom is 0.411 e. The molecule has 0 radical (unpaired) electrons. The van der Waals surface area contributed by atoms with Gasteiger partial charge < -0.3 is 9.84 Å². The Morgan fingerprint density at radius 2 is 2.20 bits per heavy atom. The van der Waals surface area contributed by atoms with E-state index in [1.165, 1.54) is 0 Å². The summed E-state index contributed by atoms with van der Waals surface area (Å²) < 4.78 is 4.59. The van der Waals surface area contributed by atoms with Crippen LogP contribution in [-0.4, -0.2) is 24.4 Å². The number of rotatable bonds is 3. The topological polar surface area (TPSA) is 58.6 Å². The lowest BCUT2D eigenvalue weighted by Crippen LogP contribution is -2.15. The Morgan fingerprint density at radius 1 is 1.47 bits per heavy atom. The fraction of sp³-hybridized carbons (Fsp3) is 0.222. The number of aliphatic hydroxyl groups is 1. The Hall–Kier alpha value is -0.970. The van der Waals surface area contributed by atoms with Crippen molar-refractivity contribution in [1.82, 2.24) is 0 Å². The van der Waals surface area contributed by atoms with Crippen molar-refractivity contribution in [2.45, 2.75) is 0 Å². The average molecular weight is 250 g/mol. The van der Waals surface area contributed by atoms with Gasteiger partial charge in [0.1, 0.15) is 6.61 Å².